The molecule has 1 aromatic carbocycles. The van der Waals surface area contributed by atoms with Gasteiger partial charge in [-0.25, -0.2) is 14.0 Å². The second-order valence-electron chi connectivity index (χ2n) is 5.47. The van der Waals surface area contributed by atoms with Crippen LogP contribution in [0.5, 0.6) is 0 Å². The first-order valence-corrected chi connectivity index (χ1v) is 6.99. The first-order chi connectivity index (χ1) is 9.97. The van der Waals surface area contributed by atoms with Crippen molar-refractivity contribution in [2.45, 2.75) is 32.4 Å². The van der Waals surface area contributed by atoms with Gasteiger partial charge in [0.25, 0.3) is 0 Å². The van der Waals surface area contributed by atoms with Gasteiger partial charge in [-0.15, -0.1) is 0 Å². The van der Waals surface area contributed by atoms with Gasteiger partial charge in [0, 0.05) is 13.1 Å². The number of nitrogens with one attached hydrogen (secondary N) is 1. The number of rotatable bonds is 3. The zero-order valence-electron chi connectivity index (χ0n) is 11.9. The molecule has 0 bridgehead atoms. The van der Waals surface area contributed by atoms with Gasteiger partial charge >= 0.3 is 12.0 Å². The number of carbonyl (C=O) groups is 2. The zero-order chi connectivity index (χ0) is 15.4. The SMILES string of the molecule is CC1CCN(C(=O)NCc2cccc(F)c2)C(C(=O)O)C1. The molecule has 0 aromatic heterocycles. The number of hydrogen-bond acceptors (Lipinski definition) is 2. The summed E-state index contributed by atoms with van der Waals surface area (Å²) < 4.78 is 13.1. The Morgan fingerprint density at radius 2 is 2.24 bits per heavy atom. The molecule has 21 heavy (non-hydrogen) atoms. The maximum absolute atomic E-state index is 13.1. The highest BCUT2D eigenvalue weighted by Crippen LogP contribution is 2.22. The maximum Gasteiger partial charge on any atom is 0.326 e. The number of amides is 2. The van der Waals surface area contributed by atoms with Crippen LogP contribution < -0.4 is 5.32 Å². The third kappa shape index (κ3) is 3.93. The van der Waals surface area contributed by atoms with Crippen molar-refractivity contribution in [3.05, 3.63) is 35.6 Å². The van der Waals surface area contributed by atoms with Gasteiger partial charge in [0.15, 0.2) is 0 Å². The molecule has 2 rings (SSSR count). The summed E-state index contributed by atoms with van der Waals surface area (Å²) in [5.74, 6) is -1.06. The van der Waals surface area contributed by atoms with Gasteiger partial charge in [0.05, 0.1) is 0 Å². The molecule has 2 amide bonds. The molecule has 1 fully saturated rings. The quantitative estimate of drug-likeness (QED) is 0.898. The van der Waals surface area contributed by atoms with E-state index in [-0.39, 0.29) is 12.4 Å². The number of carbonyl (C=O) groups excluding carboxylic acids is 1. The highest BCUT2D eigenvalue weighted by Gasteiger charge is 2.34. The number of piperidine rings is 1. The van der Waals surface area contributed by atoms with Crippen molar-refractivity contribution >= 4 is 12.0 Å². The molecule has 2 atom stereocenters. The maximum atomic E-state index is 13.1. The fourth-order valence-corrected chi connectivity index (χ4v) is 2.54. The Morgan fingerprint density at radius 1 is 1.48 bits per heavy atom. The predicted molar refractivity (Wildman–Crippen MR) is 75.2 cm³/mol. The van der Waals surface area contributed by atoms with Crippen LogP contribution in [0.1, 0.15) is 25.3 Å². The minimum atomic E-state index is -0.984. The van der Waals surface area contributed by atoms with Gasteiger partial charge in [-0.05, 0) is 36.5 Å². The van der Waals surface area contributed by atoms with Crippen LogP contribution in [0, 0.1) is 11.7 Å². The Kier molecular flexibility index (Phi) is 4.77. The number of halogens is 1. The largest absolute Gasteiger partial charge is 0.480 e. The van der Waals surface area contributed by atoms with E-state index >= 15 is 0 Å². The number of benzene rings is 1. The van der Waals surface area contributed by atoms with E-state index in [9.17, 15) is 19.1 Å². The summed E-state index contributed by atoms with van der Waals surface area (Å²) in [6, 6.07) is 4.74. The number of carboxylic acids is 1. The van der Waals surface area contributed by atoms with E-state index in [2.05, 4.69) is 5.32 Å². The van der Waals surface area contributed by atoms with E-state index in [4.69, 9.17) is 0 Å². The molecule has 5 nitrogen and oxygen atoms in total. The second-order valence-corrected chi connectivity index (χ2v) is 5.47. The van der Waals surface area contributed by atoms with Crippen LogP contribution in [-0.4, -0.2) is 34.6 Å². The Balaban J connectivity index is 1.97. The van der Waals surface area contributed by atoms with Crippen molar-refractivity contribution in [2.75, 3.05) is 6.54 Å². The molecule has 114 valence electrons. The Bertz CT molecular complexity index is 535. The third-order valence-electron chi connectivity index (χ3n) is 3.74. The van der Waals surface area contributed by atoms with E-state index in [1.165, 1.54) is 17.0 Å². The average Bonchev–Trinajstić information content (AvgIpc) is 2.44. The fraction of sp³-hybridized carbons (Fsp3) is 0.467. The summed E-state index contributed by atoms with van der Waals surface area (Å²) in [4.78, 5) is 24.7. The zero-order valence-corrected chi connectivity index (χ0v) is 11.9. The number of urea groups is 1. The molecule has 6 heteroatoms. The standard InChI is InChI=1S/C15H19FN2O3/c1-10-5-6-18(13(7-10)14(19)20)15(21)17-9-11-3-2-4-12(16)8-11/h2-4,8,10,13H,5-7,9H2,1H3,(H,17,21)(H,19,20). The third-order valence-corrected chi connectivity index (χ3v) is 3.74. The summed E-state index contributed by atoms with van der Waals surface area (Å²) in [6.45, 7) is 2.58. The van der Waals surface area contributed by atoms with E-state index in [1.807, 2.05) is 6.92 Å². The smallest absolute Gasteiger partial charge is 0.326 e. The molecule has 1 aromatic rings. The Hall–Kier alpha value is -2.11. The van der Waals surface area contributed by atoms with Crippen LogP contribution in [0.25, 0.3) is 0 Å². The molecular weight excluding hydrogens is 275 g/mol. The molecule has 0 aliphatic carbocycles. The molecule has 2 unspecified atom stereocenters. The number of nitrogens with zero attached hydrogens (tertiary/aromatic N) is 1. The van der Waals surface area contributed by atoms with Crippen molar-refractivity contribution in [1.82, 2.24) is 10.2 Å². The molecule has 1 aliphatic heterocycles. The topological polar surface area (TPSA) is 69.6 Å². The molecule has 0 spiro atoms. The first-order valence-electron chi connectivity index (χ1n) is 6.99. The fourth-order valence-electron chi connectivity index (χ4n) is 2.54. The lowest BCUT2D eigenvalue weighted by Gasteiger charge is -2.35. The van der Waals surface area contributed by atoms with Crippen LogP contribution in [0.4, 0.5) is 9.18 Å². The number of hydrogen-bond donors (Lipinski definition) is 2. The van der Waals surface area contributed by atoms with E-state index < -0.39 is 18.0 Å². The van der Waals surface area contributed by atoms with Gasteiger partial charge in [-0.2, -0.15) is 0 Å². The summed E-state index contributed by atoms with van der Waals surface area (Å²) in [7, 11) is 0. The summed E-state index contributed by atoms with van der Waals surface area (Å²) in [5.41, 5.74) is 0.639. The van der Waals surface area contributed by atoms with Crippen molar-refractivity contribution in [3.63, 3.8) is 0 Å². The Labute approximate surface area is 122 Å². The predicted octanol–water partition coefficient (Wildman–Crippen LogP) is 2.22. The van der Waals surface area contributed by atoms with Crippen molar-refractivity contribution in [3.8, 4) is 0 Å². The summed E-state index contributed by atoms with van der Waals surface area (Å²) >= 11 is 0. The molecular formula is C15H19FN2O3. The van der Waals surface area contributed by atoms with E-state index in [0.717, 1.165) is 6.42 Å². The Morgan fingerprint density at radius 3 is 2.90 bits per heavy atom. The molecule has 1 aliphatic rings. The van der Waals surface area contributed by atoms with Crippen LogP contribution in [0.15, 0.2) is 24.3 Å². The second kappa shape index (κ2) is 6.56. The monoisotopic (exact) mass is 294 g/mol. The van der Waals surface area contributed by atoms with Crippen molar-refractivity contribution < 1.29 is 19.1 Å². The molecule has 2 N–H and O–H groups in total. The van der Waals surface area contributed by atoms with Crippen molar-refractivity contribution in [1.29, 1.82) is 0 Å². The van der Waals surface area contributed by atoms with Gasteiger partial charge in [0.2, 0.25) is 0 Å². The van der Waals surface area contributed by atoms with Crippen LogP contribution >= 0.6 is 0 Å². The lowest BCUT2D eigenvalue weighted by atomic mass is 9.93. The van der Waals surface area contributed by atoms with E-state index in [1.54, 1.807) is 12.1 Å². The number of aliphatic carboxylic acids is 1. The minimum Gasteiger partial charge on any atom is -0.480 e. The van der Waals surface area contributed by atoms with Gasteiger partial charge in [0.1, 0.15) is 11.9 Å². The number of likely N-dealkylation sites (tertiary alicyclic amines) is 1. The van der Waals surface area contributed by atoms with Gasteiger partial charge in [-0.1, -0.05) is 19.1 Å². The normalized spacial score (nSPS) is 21.9. The van der Waals surface area contributed by atoms with Crippen LogP contribution in [-0.2, 0) is 11.3 Å². The van der Waals surface area contributed by atoms with E-state index in [0.29, 0.717) is 24.4 Å². The summed E-state index contributed by atoms with van der Waals surface area (Å²) in [6.07, 6.45) is 1.25. The van der Waals surface area contributed by atoms with Gasteiger partial charge in [-0.3, -0.25) is 0 Å². The van der Waals surface area contributed by atoms with Crippen LogP contribution in [0.3, 0.4) is 0 Å². The number of carboxylic acid groups (broad SMARTS) is 1. The average molecular weight is 294 g/mol. The van der Waals surface area contributed by atoms with Crippen molar-refractivity contribution in [2.24, 2.45) is 5.92 Å². The lowest BCUT2D eigenvalue weighted by Crippen LogP contribution is -2.53. The molecule has 1 saturated heterocycles. The molecule has 0 radical (unpaired) electrons. The minimum absolute atomic E-state index is 0.176. The first kappa shape index (κ1) is 15.3. The molecule has 1 heterocycles. The molecule has 0 saturated carbocycles. The summed E-state index contributed by atoms with van der Waals surface area (Å²) in [5, 5.41) is 11.9. The lowest BCUT2D eigenvalue weighted by molar-refractivity contribution is -0.143. The highest BCUT2D eigenvalue weighted by atomic mass is 19.1. The van der Waals surface area contributed by atoms with Crippen LogP contribution in [0.2, 0.25) is 0 Å². The highest BCUT2D eigenvalue weighted by molar-refractivity contribution is 5.82. The van der Waals surface area contributed by atoms with Gasteiger partial charge < -0.3 is 15.3 Å².